The molecule has 2 heterocycles. The van der Waals surface area contributed by atoms with E-state index in [2.05, 4.69) is 15.4 Å². The summed E-state index contributed by atoms with van der Waals surface area (Å²) in [5, 5.41) is 5.95. The van der Waals surface area contributed by atoms with E-state index in [-0.39, 0.29) is 6.54 Å². The van der Waals surface area contributed by atoms with Crippen LogP contribution in [0.25, 0.3) is 5.82 Å². The fourth-order valence-electron chi connectivity index (χ4n) is 3.15. The maximum Gasteiger partial charge on any atom is 0.434 e. The van der Waals surface area contributed by atoms with Crippen LogP contribution in [0.2, 0.25) is 0 Å². The van der Waals surface area contributed by atoms with E-state index in [4.69, 9.17) is 4.74 Å². The Kier molecular flexibility index (Phi) is 6.65. The van der Waals surface area contributed by atoms with Crippen molar-refractivity contribution in [3.63, 3.8) is 0 Å². The minimum atomic E-state index is -5.02. The largest absolute Gasteiger partial charge is 0.496 e. The Balaban J connectivity index is 1.83. The first kappa shape index (κ1) is 24.1. The summed E-state index contributed by atoms with van der Waals surface area (Å²) in [4.78, 5) is 15.9. The quantitative estimate of drug-likeness (QED) is 0.533. The fourth-order valence-corrected chi connectivity index (χ4v) is 3.15. The van der Waals surface area contributed by atoms with Gasteiger partial charge >= 0.3 is 12.4 Å². The molecule has 1 aromatic carbocycles. The summed E-state index contributed by atoms with van der Waals surface area (Å²) in [5.74, 6) is -0.974. The highest BCUT2D eigenvalue weighted by atomic mass is 19.4. The number of hydrogen-bond acceptors (Lipinski definition) is 4. The second-order valence-corrected chi connectivity index (χ2v) is 7.04. The number of alkyl halides is 6. The van der Waals surface area contributed by atoms with E-state index in [1.165, 1.54) is 7.11 Å². The van der Waals surface area contributed by atoms with Gasteiger partial charge in [-0.25, -0.2) is 9.67 Å². The minimum absolute atomic E-state index is 0.0135. The van der Waals surface area contributed by atoms with E-state index in [0.29, 0.717) is 35.3 Å². The zero-order chi connectivity index (χ0) is 24.4. The summed E-state index contributed by atoms with van der Waals surface area (Å²) in [5.41, 5.74) is -1.64. The number of carbonyl (C=O) groups is 1. The highest BCUT2D eigenvalue weighted by Crippen LogP contribution is 2.34. The first-order chi connectivity index (χ1) is 15.4. The van der Waals surface area contributed by atoms with Gasteiger partial charge < -0.3 is 10.1 Å². The van der Waals surface area contributed by atoms with Crippen LogP contribution in [0.5, 0.6) is 5.75 Å². The van der Waals surface area contributed by atoms with Crippen molar-refractivity contribution >= 4 is 5.91 Å². The Morgan fingerprint density at radius 3 is 2.36 bits per heavy atom. The third-order valence-corrected chi connectivity index (χ3v) is 4.69. The molecule has 0 atom stereocenters. The molecule has 3 rings (SSSR count). The molecule has 0 aliphatic carbocycles. The van der Waals surface area contributed by atoms with Gasteiger partial charge in [-0.05, 0) is 37.1 Å². The smallest absolute Gasteiger partial charge is 0.434 e. The maximum atomic E-state index is 13.7. The molecule has 0 saturated heterocycles. The summed E-state index contributed by atoms with van der Waals surface area (Å²) in [6.07, 6.45) is -8.33. The van der Waals surface area contributed by atoms with Crippen molar-refractivity contribution in [2.45, 2.75) is 25.7 Å². The predicted octanol–water partition coefficient (Wildman–Crippen LogP) is 4.59. The molecule has 33 heavy (non-hydrogen) atoms. The molecule has 2 aromatic heterocycles. The van der Waals surface area contributed by atoms with Crippen LogP contribution in [-0.2, 0) is 18.8 Å². The van der Waals surface area contributed by atoms with E-state index in [1.54, 1.807) is 6.07 Å². The number of methoxy groups -OCH3 is 1. The van der Waals surface area contributed by atoms with Crippen molar-refractivity contribution in [1.82, 2.24) is 20.1 Å². The number of benzene rings is 1. The van der Waals surface area contributed by atoms with Gasteiger partial charge in [-0.3, -0.25) is 4.79 Å². The molecule has 0 aliphatic rings. The number of ether oxygens (including phenoxy) is 1. The Hall–Kier alpha value is -3.57. The molecule has 176 valence electrons. The van der Waals surface area contributed by atoms with Crippen molar-refractivity contribution in [2.75, 3.05) is 13.7 Å². The standard InChI is InChI=1S/C21H18F6N4O2/c1-12-3-5-16(33-2)13(9-12)7-8-28-19(32)15-11-30-31(18(15)21(25,26)27)17-6-4-14(10-29-17)20(22,23)24/h3-6,9-11H,7-8H2,1-2H3,(H,28,32). The lowest BCUT2D eigenvalue weighted by Gasteiger charge is -2.13. The second-order valence-electron chi connectivity index (χ2n) is 7.04. The van der Waals surface area contributed by atoms with E-state index in [9.17, 15) is 31.1 Å². The number of carbonyl (C=O) groups excluding carboxylic acids is 1. The van der Waals surface area contributed by atoms with Gasteiger partial charge in [0.2, 0.25) is 0 Å². The lowest BCUT2D eigenvalue weighted by atomic mass is 10.1. The van der Waals surface area contributed by atoms with E-state index in [0.717, 1.165) is 17.2 Å². The first-order valence-corrected chi connectivity index (χ1v) is 9.52. The highest BCUT2D eigenvalue weighted by Gasteiger charge is 2.41. The van der Waals surface area contributed by atoms with Crippen LogP contribution in [0.4, 0.5) is 26.3 Å². The maximum absolute atomic E-state index is 13.7. The number of aromatic nitrogens is 3. The lowest BCUT2D eigenvalue weighted by molar-refractivity contribution is -0.143. The third-order valence-electron chi connectivity index (χ3n) is 4.69. The SMILES string of the molecule is COc1ccc(C)cc1CCNC(=O)c1cnn(-c2ccc(C(F)(F)F)cn2)c1C(F)(F)F. The summed E-state index contributed by atoms with van der Waals surface area (Å²) in [6, 6.07) is 6.74. The molecule has 12 heteroatoms. The number of nitrogens with one attached hydrogen (secondary N) is 1. The lowest BCUT2D eigenvalue weighted by Crippen LogP contribution is -2.28. The van der Waals surface area contributed by atoms with Gasteiger partial charge in [-0.15, -0.1) is 0 Å². The number of pyridine rings is 1. The van der Waals surface area contributed by atoms with Gasteiger partial charge in [0.15, 0.2) is 11.5 Å². The number of nitrogens with zero attached hydrogens (tertiary/aromatic N) is 3. The number of hydrogen-bond donors (Lipinski definition) is 1. The van der Waals surface area contributed by atoms with Crippen LogP contribution < -0.4 is 10.1 Å². The molecule has 0 fully saturated rings. The van der Waals surface area contributed by atoms with Crippen LogP contribution in [0.15, 0.2) is 42.7 Å². The van der Waals surface area contributed by atoms with Gasteiger partial charge in [0.25, 0.3) is 5.91 Å². The molecule has 0 unspecified atom stereocenters. The Morgan fingerprint density at radius 2 is 1.79 bits per heavy atom. The molecule has 0 spiro atoms. The normalized spacial score (nSPS) is 12.0. The van der Waals surface area contributed by atoms with Crippen LogP contribution >= 0.6 is 0 Å². The molecule has 0 saturated carbocycles. The molecule has 0 bridgehead atoms. The first-order valence-electron chi connectivity index (χ1n) is 9.52. The number of halogens is 6. The summed E-state index contributed by atoms with van der Waals surface area (Å²) < 4.78 is 84.8. The van der Waals surface area contributed by atoms with Gasteiger partial charge in [-0.2, -0.15) is 31.4 Å². The Bertz CT molecular complexity index is 1140. The molecule has 0 aliphatic heterocycles. The van der Waals surface area contributed by atoms with E-state index >= 15 is 0 Å². The second kappa shape index (κ2) is 9.12. The monoisotopic (exact) mass is 472 g/mol. The van der Waals surface area contributed by atoms with Crippen LogP contribution in [-0.4, -0.2) is 34.3 Å². The van der Waals surface area contributed by atoms with Crippen molar-refractivity contribution in [1.29, 1.82) is 0 Å². The fraction of sp³-hybridized carbons (Fsp3) is 0.286. The Labute approximate surface area is 184 Å². The molecule has 1 N–H and O–H groups in total. The molecular formula is C21H18F6N4O2. The summed E-state index contributed by atoms with van der Waals surface area (Å²) in [7, 11) is 1.48. The van der Waals surface area contributed by atoms with Gasteiger partial charge in [0.1, 0.15) is 5.75 Å². The summed E-state index contributed by atoms with van der Waals surface area (Å²) in [6.45, 7) is 1.88. The Morgan fingerprint density at radius 1 is 1.06 bits per heavy atom. The van der Waals surface area contributed by atoms with Crippen molar-refractivity contribution < 1.29 is 35.9 Å². The third kappa shape index (κ3) is 5.44. The number of aryl methyl sites for hydroxylation is 1. The van der Waals surface area contributed by atoms with Crippen molar-refractivity contribution in [3.05, 3.63) is 70.7 Å². The van der Waals surface area contributed by atoms with E-state index < -0.39 is 40.9 Å². The van der Waals surface area contributed by atoms with Crippen LogP contribution in [0.1, 0.15) is 32.7 Å². The summed E-state index contributed by atoms with van der Waals surface area (Å²) >= 11 is 0. The van der Waals surface area contributed by atoms with Crippen LogP contribution in [0, 0.1) is 6.92 Å². The minimum Gasteiger partial charge on any atom is -0.496 e. The molecule has 0 radical (unpaired) electrons. The zero-order valence-electron chi connectivity index (χ0n) is 17.4. The van der Waals surface area contributed by atoms with Crippen molar-refractivity contribution in [3.8, 4) is 11.6 Å². The molecular weight excluding hydrogens is 454 g/mol. The molecule has 6 nitrogen and oxygen atoms in total. The van der Waals surface area contributed by atoms with E-state index in [1.807, 2.05) is 19.1 Å². The molecule has 3 aromatic rings. The zero-order valence-corrected chi connectivity index (χ0v) is 17.4. The van der Waals surface area contributed by atoms with Crippen molar-refractivity contribution in [2.24, 2.45) is 0 Å². The van der Waals surface area contributed by atoms with Crippen LogP contribution in [0.3, 0.4) is 0 Å². The van der Waals surface area contributed by atoms with Gasteiger partial charge in [-0.1, -0.05) is 17.7 Å². The average Bonchev–Trinajstić information content (AvgIpc) is 3.19. The number of amides is 1. The van der Waals surface area contributed by atoms with Gasteiger partial charge in [0, 0.05) is 12.7 Å². The number of rotatable bonds is 6. The highest BCUT2D eigenvalue weighted by molar-refractivity contribution is 5.95. The van der Waals surface area contributed by atoms with Gasteiger partial charge in [0.05, 0.1) is 24.4 Å². The topological polar surface area (TPSA) is 69.0 Å². The average molecular weight is 472 g/mol. The predicted molar refractivity (Wildman–Crippen MR) is 105 cm³/mol. The molecule has 1 amide bonds.